The molecule has 172 valence electrons. The smallest absolute Gasteiger partial charge is 0.254 e. The number of aromatic nitrogens is 2. The number of hydrogen-bond acceptors (Lipinski definition) is 4. The van der Waals surface area contributed by atoms with E-state index in [1.54, 1.807) is 6.20 Å². The first kappa shape index (κ1) is 21.8. The molecule has 1 saturated heterocycles. The van der Waals surface area contributed by atoms with Crippen LogP contribution in [-0.4, -0.2) is 39.4 Å². The summed E-state index contributed by atoms with van der Waals surface area (Å²) >= 11 is 6.11. The number of hydrogen-bond donors (Lipinski definition) is 2. The van der Waals surface area contributed by atoms with Gasteiger partial charge in [0, 0.05) is 36.1 Å². The normalized spacial score (nSPS) is 19.2. The predicted molar refractivity (Wildman–Crippen MR) is 132 cm³/mol. The fourth-order valence-corrected chi connectivity index (χ4v) is 5.42. The third kappa shape index (κ3) is 3.97. The number of nitrogens with one attached hydrogen (secondary N) is 2. The van der Waals surface area contributed by atoms with Crippen molar-refractivity contribution in [2.75, 3.05) is 13.1 Å². The molecule has 0 spiro atoms. The zero-order valence-corrected chi connectivity index (χ0v) is 20.3. The molecule has 2 aliphatic rings. The number of nitrogens with zero attached hydrogens (tertiary/aromatic N) is 3. The van der Waals surface area contributed by atoms with E-state index in [-0.39, 0.29) is 12.1 Å². The van der Waals surface area contributed by atoms with Crippen LogP contribution in [0.15, 0.2) is 42.4 Å². The highest BCUT2D eigenvalue weighted by atomic mass is 35.5. The summed E-state index contributed by atoms with van der Waals surface area (Å²) in [7, 11) is 0. The highest BCUT2D eigenvalue weighted by Gasteiger charge is 2.27. The second-order valence-electron chi connectivity index (χ2n) is 9.34. The van der Waals surface area contributed by atoms with Gasteiger partial charge in [-0.05, 0) is 92.9 Å². The molecule has 6 nitrogen and oxygen atoms in total. The number of allylic oxidation sites excluding steroid dienone is 1. The first-order chi connectivity index (χ1) is 15.8. The Kier molecular flexibility index (Phi) is 5.57. The van der Waals surface area contributed by atoms with Gasteiger partial charge in [0.15, 0.2) is 0 Å². The molecule has 1 aromatic carbocycles. The van der Waals surface area contributed by atoms with Gasteiger partial charge in [0.05, 0.1) is 23.6 Å². The molecule has 0 bridgehead atoms. The summed E-state index contributed by atoms with van der Waals surface area (Å²) in [6.45, 7) is 9.83. The van der Waals surface area contributed by atoms with E-state index in [0.29, 0.717) is 11.2 Å². The van der Waals surface area contributed by atoms with Crippen LogP contribution in [0.4, 0.5) is 0 Å². The van der Waals surface area contributed by atoms with Crippen LogP contribution in [0.5, 0.6) is 0 Å². The lowest BCUT2D eigenvalue weighted by atomic mass is 9.89. The van der Waals surface area contributed by atoms with Crippen LogP contribution < -0.4 is 10.6 Å². The third-order valence-corrected chi connectivity index (χ3v) is 7.28. The maximum absolute atomic E-state index is 13.5. The van der Waals surface area contributed by atoms with Gasteiger partial charge in [0.1, 0.15) is 0 Å². The molecule has 1 fully saturated rings. The molecule has 1 unspecified atom stereocenters. The Morgan fingerprint density at radius 1 is 1.09 bits per heavy atom. The van der Waals surface area contributed by atoms with E-state index in [0.717, 1.165) is 59.5 Å². The fraction of sp³-hybridized carbons (Fsp3) is 0.385. The van der Waals surface area contributed by atoms with Gasteiger partial charge in [0.2, 0.25) is 5.28 Å². The van der Waals surface area contributed by atoms with E-state index in [1.807, 2.05) is 22.4 Å². The number of piperidine rings is 1. The zero-order valence-electron chi connectivity index (χ0n) is 19.6. The Hall–Kier alpha value is -2.99. The molecular weight excluding hydrogens is 434 g/mol. The SMILES string of the molecule is CC1=C(c2cc(C(=O)N3CCC(c4ccn5c(Cl)ncc5c4)CC3)c(C)cc2C)NC(C)N1. The molecule has 3 aromatic rings. The van der Waals surface area contributed by atoms with E-state index in [2.05, 4.69) is 60.7 Å². The predicted octanol–water partition coefficient (Wildman–Crippen LogP) is 4.85. The number of likely N-dealkylation sites (tertiary alicyclic amines) is 1. The molecule has 0 radical (unpaired) electrons. The van der Waals surface area contributed by atoms with Crippen molar-refractivity contribution in [2.24, 2.45) is 0 Å². The molecule has 5 rings (SSSR count). The van der Waals surface area contributed by atoms with E-state index < -0.39 is 0 Å². The molecule has 2 aliphatic heterocycles. The molecule has 2 N–H and O–H groups in total. The maximum atomic E-state index is 13.5. The van der Waals surface area contributed by atoms with Crippen molar-refractivity contribution >= 4 is 28.7 Å². The van der Waals surface area contributed by atoms with Crippen LogP contribution >= 0.6 is 11.6 Å². The van der Waals surface area contributed by atoms with E-state index >= 15 is 0 Å². The van der Waals surface area contributed by atoms with Gasteiger partial charge in [-0.2, -0.15) is 0 Å². The minimum atomic E-state index is 0.127. The largest absolute Gasteiger partial charge is 0.367 e. The Balaban J connectivity index is 1.33. The topological polar surface area (TPSA) is 61.7 Å². The van der Waals surface area contributed by atoms with E-state index in [4.69, 9.17) is 11.6 Å². The third-order valence-electron chi connectivity index (χ3n) is 7.00. The Bertz CT molecular complexity index is 1270. The number of rotatable bonds is 3. The Morgan fingerprint density at radius 2 is 1.85 bits per heavy atom. The summed E-state index contributed by atoms with van der Waals surface area (Å²) in [5.41, 5.74) is 8.60. The number of carbonyl (C=O) groups is 1. The fourth-order valence-electron chi connectivity index (χ4n) is 5.21. The van der Waals surface area contributed by atoms with Gasteiger partial charge in [-0.15, -0.1) is 0 Å². The molecule has 4 heterocycles. The van der Waals surface area contributed by atoms with Gasteiger partial charge in [-0.3, -0.25) is 9.20 Å². The van der Waals surface area contributed by atoms with Crippen LogP contribution in [0.3, 0.4) is 0 Å². The molecule has 1 atom stereocenters. The lowest BCUT2D eigenvalue weighted by Gasteiger charge is -2.33. The van der Waals surface area contributed by atoms with Crippen molar-refractivity contribution in [1.29, 1.82) is 0 Å². The second kappa shape index (κ2) is 8.41. The first-order valence-corrected chi connectivity index (χ1v) is 12.0. The number of benzene rings is 1. The molecule has 0 saturated carbocycles. The standard InChI is InChI=1S/C26H30ClN5O/c1-15-11-16(2)23(13-22(15)24-17(3)29-18(4)30-24)25(33)31-8-5-19(6-9-31)20-7-10-32-21(12-20)14-28-26(32)27/h7,10-14,18-19,29-30H,5-6,8-9H2,1-4H3. The Morgan fingerprint density at radius 3 is 2.55 bits per heavy atom. The molecule has 33 heavy (non-hydrogen) atoms. The lowest BCUT2D eigenvalue weighted by Crippen LogP contribution is -2.38. The average Bonchev–Trinajstić information content (AvgIpc) is 3.34. The van der Waals surface area contributed by atoms with Crippen LogP contribution in [0.2, 0.25) is 5.28 Å². The van der Waals surface area contributed by atoms with Crippen molar-refractivity contribution in [2.45, 2.75) is 52.6 Å². The van der Waals surface area contributed by atoms with Crippen molar-refractivity contribution < 1.29 is 4.79 Å². The Labute approximate surface area is 199 Å². The minimum Gasteiger partial charge on any atom is -0.367 e. The number of pyridine rings is 1. The van der Waals surface area contributed by atoms with Crippen LogP contribution in [-0.2, 0) is 0 Å². The highest BCUT2D eigenvalue weighted by Crippen LogP contribution is 2.31. The lowest BCUT2D eigenvalue weighted by molar-refractivity contribution is 0.0712. The van der Waals surface area contributed by atoms with Crippen LogP contribution in [0, 0.1) is 13.8 Å². The van der Waals surface area contributed by atoms with Crippen LogP contribution in [0.25, 0.3) is 11.2 Å². The van der Waals surface area contributed by atoms with Crippen molar-refractivity contribution in [3.8, 4) is 0 Å². The first-order valence-electron chi connectivity index (χ1n) is 11.6. The van der Waals surface area contributed by atoms with Crippen molar-refractivity contribution in [1.82, 2.24) is 24.9 Å². The van der Waals surface area contributed by atoms with Crippen LogP contribution in [0.1, 0.15) is 65.2 Å². The number of aryl methyl sites for hydroxylation is 2. The summed E-state index contributed by atoms with van der Waals surface area (Å²) in [6, 6.07) is 8.49. The quantitative estimate of drug-likeness (QED) is 0.582. The molecule has 2 aromatic heterocycles. The molecular formula is C26H30ClN5O. The van der Waals surface area contributed by atoms with Gasteiger partial charge in [-0.1, -0.05) is 6.07 Å². The highest BCUT2D eigenvalue weighted by molar-refractivity contribution is 6.28. The second-order valence-corrected chi connectivity index (χ2v) is 9.68. The van der Waals surface area contributed by atoms with Gasteiger partial charge in [0.25, 0.3) is 5.91 Å². The molecule has 1 amide bonds. The number of amides is 1. The number of carbonyl (C=O) groups excluding carboxylic acids is 1. The van der Waals surface area contributed by atoms with Gasteiger partial charge >= 0.3 is 0 Å². The zero-order chi connectivity index (χ0) is 23.3. The number of fused-ring (bicyclic) bond motifs is 1. The number of halogens is 1. The van der Waals surface area contributed by atoms with Gasteiger partial charge < -0.3 is 15.5 Å². The van der Waals surface area contributed by atoms with E-state index in [1.165, 1.54) is 11.1 Å². The van der Waals surface area contributed by atoms with Crippen molar-refractivity contribution in [3.63, 3.8) is 0 Å². The minimum absolute atomic E-state index is 0.127. The number of imidazole rings is 1. The van der Waals surface area contributed by atoms with Gasteiger partial charge in [-0.25, -0.2) is 4.98 Å². The summed E-state index contributed by atoms with van der Waals surface area (Å²) in [5, 5.41) is 7.39. The molecule has 7 heteroatoms. The monoisotopic (exact) mass is 463 g/mol. The summed E-state index contributed by atoms with van der Waals surface area (Å²) in [5.74, 6) is 0.563. The summed E-state index contributed by atoms with van der Waals surface area (Å²) in [4.78, 5) is 19.7. The maximum Gasteiger partial charge on any atom is 0.254 e. The van der Waals surface area contributed by atoms with E-state index in [9.17, 15) is 4.79 Å². The summed E-state index contributed by atoms with van der Waals surface area (Å²) in [6.07, 6.45) is 5.88. The summed E-state index contributed by atoms with van der Waals surface area (Å²) < 4.78 is 1.88. The van der Waals surface area contributed by atoms with Crippen molar-refractivity contribution in [3.05, 3.63) is 75.5 Å². The molecule has 0 aliphatic carbocycles. The average molecular weight is 464 g/mol.